The summed E-state index contributed by atoms with van der Waals surface area (Å²) in [5.74, 6) is 0. The van der Waals surface area contributed by atoms with Crippen molar-refractivity contribution in [2.45, 2.75) is 13.8 Å². The van der Waals surface area contributed by atoms with Crippen molar-refractivity contribution < 1.29 is 0 Å². The Bertz CT molecular complexity index is 1220. The first-order valence-corrected chi connectivity index (χ1v) is 9.35. The Hall–Kier alpha value is -2.18. The third kappa shape index (κ3) is 1.62. The summed E-state index contributed by atoms with van der Waals surface area (Å²) in [5, 5.41) is 11.8. The lowest BCUT2D eigenvalue weighted by Gasteiger charge is -2.20. The van der Waals surface area contributed by atoms with Gasteiger partial charge in [-0.15, -0.1) is 22.7 Å². The maximum absolute atomic E-state index is 8.68. The van der Waals surface area contributed by atoms with Crippen LogP contribution in [0.1, 0.15) is 20.9 Å². The lowest BCUT2D eigenvalue weighted by Crippen LogP contribution is -2.32. The number of rotatable bonds is 0. The molecule has 0 bridgehead atoms. The first-order valence-electron chi connectivity index (χ1n) is 7.72. The average molecular weight is 350 g/mol. The lowest BCUT2D eigenvalue weighted by atomic mass is 9.86. The highest BCUT2D eigenvalue weighted by Gasteiger charge is 2.32. The summed E-state index contributed by atoms with van der Waals surface area (Å²) in [4.78, 5) is 17.4. The van der Waals surface area contributed by atoms with E-state index in [1.165, 1.54) is 14.5 Å². The third-order valence-electron chi connectivity index (χ3n) is 4.56. The molecule has 3 aromatic rings. The molecule has 0 amide bonds. The molecule has 2 aliphatic rings. The molecule has 5 rings (SSSR count). The first-order chi connectivity index (χ1) is 11.6. The van der Waals surface area contributed by atoms with E-state index in [-0.39, 0.29) is 0 Å². The van der Waals surface area contributed by atoms with Crippen molar-refractivity contribution in [3.05, 3.63) is 43.7 Å². The molecule has 1 aliphatic heterocycles. The molecule has 4 nitrogen and oxygen atoms in total. The molecule has 0 saturated heterocycles. The summed E-state index contributed by atoms with van der Waals surface area (Å²) in [6, 6.07) is 4.29. The number of nitrogens with zero attached hydrogens (tertiary/aromatic N) is 3. The monoisotopic (exact) mass is 350 g/mol. The number of aliphatic imine (C=N–C) groups is 1. The van der Waals surface area contributed by atoms with E-state index in [0.29, 0.717) is 12.4 Å². The van der Waals surface area contributed by atoms with Gasteiger partial charge in [0, 0.05) is 48.5 Å². The van der Waals surface area contributed by atoms with Crippen molar-refractivity contribution in [2.24, 2.45) is 15.0 Å². The lowest BCUT2D eigenvalue weighted by molar-refractivity contribution is 1.06. The van der Waals surface area contributed by atoms with Crippen LogP contribution < -0.4 is 10.7 Å². The summed E-state index contributed by atoms with van der Waals surface area (Å²) < 4.78 is 1.18. The third-order valence-corrected chi connectivity index (χ3v) is 6.69. The van der Waals surface area contributed by atoms with E-state index in [0.717, 1.165) is 43.4 Å². The van der Waals surface area contributed by atoms with Gasteiger partial charge in [0.2, 0.25) is 0 Å². The van der Waals surface area contributed by atoms with E-state index in [2.05, 4.69) is 36.0 Å². The highest BCUT2D eigenvalue weighted by atomic mass is 32.1. The second-order valence-corrected chi connectivity index (χ2v) is 8.56. The Balaban J connectivity index is 2.12. The average Bonchev–Trinajstić information content (AvgIpc) is 3.24. The second-order valence-electron chi connectivity index (χ2n) is 6.05. The second kappa shape index (κ2) is 4.68. The van der Waals surface area contributed by atoms with Crippen LogP contribution in [0.4, 0.5) is 0 Å². The van der Waals surface area contributed by atoms with Gasteiger partial charge in [-0.05, 0) is 26.0 Å². The molecule has 3 heterocycles. The molecule has 0 spiro atoms. The summed E-state index contributed by atoms with van der Waals surface area (Å²) in [5.41, 5.74) is 4.47. The Morgan fingerprint density at radius 1 is 1.04 bits per heavy atom. The normalized spacial score (nSPS) is 16.8. The highest BCUT2D eigenvalue weighted by Crippen LogP contribution is 2.41. The van der Waals surface area contributed by atoms with E-state index < -0.39 is 0 Å². The van der Waals surface area contributed by atoms with Crippen molar-refractivity contribution in [2.75, 3.05) is 13.7 Å². The molecule has 0 unspecified atom stereocenters. The van der Waals surface area contributed by atoms with Gasteiger partial charge in [0.25, 0.3) is 0 Å². The van der Waals surface area contributed by atoms with Crippen molar-refractivity contribution in [1.29, 1.82) is 5.41 Å². The molecule has 1 aliphatic carbocycles. The summed E-state index contributed by atoms with van der Waals surface area (Å²) in [6.45, 7) is 4.70. The smallest absolute Gasteiger partial charge is 0.130 e. The van der Waals surface area contributed by atoms with Crippen molar-refractivity contribution in [1.82, 2.24) is 0 Å². The zero-order valence-corrected chi connectivity index (χ0v) is 15.2. The van der Waals surface area contributed by atoms with Gasteiger partial charge >= 0.3 is 0 Å². The van der Waals surface area contributed by atoms with E-state index in [9.17, 15) is 0 Å². The Labute approximate surface area is 146 Å². The van der Waals surface area contributed by atoms with E-state index in [4.69, 9.17) is 10.4 Å². The molecule has 0 saturated carbocycles. The SMILES string of the molecule is CN=C1C(=N)c2cc(C)sc2-c2c1c1sc(C)cc1c1c2=NCN=1. The minimum atomic E-state index is 0.492. The van der Waals surface area contributed by atoms with Crippen LogP contribution in [0, 0.1) is 19.3 Å². The van der Waals surface area contributed by atoms with E-state index >= 15 is 0 Å². The molecular weight excluding hydrogens is 336 g/mol. The van der Waals surface area contributed by atoms with Gasteiger partial charge < -0.3 is 0 Å². The van der Waals surface area contributed by atoms with Crippen LogP contribution in [0.3, 0.4) is 0 Å². The zero-order valence-electron chi connectivity index (χ0n) is 13.5. The number of nitrogens with one attached hydrogen (secondary N) is 1. The molecular formula is C18H14N4S2. The standard InChI is InChI=1S/C18H14N4S2/c1-7-4-9-13(19)15(20-3)11-12(17(9)23-7)16-14(21-6-22-16)10-5-8(2)24-18(10)11/h4-5,19H,6H2,1-3H3. The summed E-state index contributed by atoms with van der Waals surface area (Å²) >= 11 is 3.50. The molecule has 0 atom stereocenters. The quantitative estimate of drug-likeness (QED) is 0.647. The van der Waals surface area contributed by atoms with E-state index in [1.54, 1.807) is 29.7 Å². The molecule has 6 heteroatoms. The van der Waals surface area contributed by atoms with Gasteiger partial charge in [-0.3, -0.25) is 20.4 Å². The largest absolute Gasteiger partial charge is 0.298 e. The first kappa shape index (κ1) is 14.2. The number of fused-ring (bicyclic) bond motifs is 8. The summed E-state index contributed by atoms with van der Waals surface area (Å²) in [6.07, 6.45) is 0. The van der Waals surface area contributed by atoms with Gasteiger partial charge in [0.05, 0.1) is 22.1 Å². The van der Waals surface area contributed by atoms with Crippen molar-refractivity contribution in [3.8, 4) is 10.4 Å². The maximum atomic E-state index is 8.68. The van der Waals surface area contributed by atoms with Crippen LogP contribution >= 0.6 is 22.7 Å². The van der Waals surface area contributed by atoms with Gasteiger partial charge in [-0.2, -0.15) is 0 Å². The van der Waals surface area contributed by atoms with Crippen LogP contribution in [0.5, 0.6) is 0 Å². The van der Waals surface area contributed by atoms with Crippen LogP contribution in [-0.4, -0.2) is 25.1 Å². The van der Waals surface area contributed by atoms with Gasteiger partial charge in [0.1, 0.15) is 6.67 Å². The van der Waals surface area contributed by atoms with Crippen LogP contribution in [0.25, 0.3) is 20.5 Å². The minimum absolute atomic E-state index is 0.492. The fourth-order valence-electron chi connectivity index (χ4n) is 3.65. The molecule has 0 radical (unpaired) electrons. The Kier molecular flexibility index (Phi) is 2.76. The predicted octanol–water partition coefficient (Wildman–Crippen LogP) is 3.26. The Morgan fingerprint density at radius 2 is 1.79 bits per heavy atom. The molecule has 2 aromatic heterocycles. The van der Waals surface area contributed by atoms with Crippen molar-refractivity contribution >= 4 is 44.2 Å². The van der Waals surface area contributed by atoms with Crippen LogP contribution in [-0.2, 0) is 0 Å². The molecule has 118 valence electrons. The number of benzene rings is 1. The molecule has 1 N–H and O–H groups in total. The summed E-state index contributed by atoms with van der Waals surface area (Å²) in [7, 11) is 1.78. The molecule has 0 fully saturated rings. The number of hydrogen-bond acceptors (Lipinski definition) is 6. The van der Waals surface area contributed by atoms with Crippen LogP contribution in [0.2, 0.25) is 0 Å². The van der Waals surface area contributed by atoms with Gasteiger partial charge in [-0.25, -0.2) is 0 Å². The van der Waals surface area contributed by atoms with Gasteiger partial charge in [0.15, 0.2) is 0 Å². The van der Waals surface area contributed by atoms with Crippen molar-refractivity contribution in [3.63, 3.8) is 0 Å². The number of hydrogen-bond donors (Lipinski definition) is 1. The number of thiophene rings is 2. The molecule has 1 aromatic carbocycles. The zero-order chi connectivity index (χ0) is 16.6. The van der Waals surface area contributed by atoms with E-state index in [1.807, 2.05) is 0 Å². The Morgan fingerprint density at radius 3 is 2.58 bits per heavy atom. The maximum Gasteiger partial charge on any atom is 0.130 e. The highest BCUT2D eigenvalue weighted by molar-refractivity contribution is 7.20. The molecule has 24 heavy (non-hydrogen) atoms. The minimum Gasteiger partial charge on any atom is -0.298 e. The van der Waals surface area contributed by atoms with Gasteiger partial charge in [-0.1, -0.05) is 0 Å². The fraction of sp³-hybridized carbons (Fsp3) is 0.222. The number of aryl methyl sites for hydroxylation is 2. The fourth-order valence-corrected chi connectivity index (χ4v) is 5.79. The van der Waals surface area contributed by atoms with Crippen LogP contribution in [0.15, 0.2) is 27.1 Å². The predicted molar refractivity (Wildman–Crippen MR) is 101 cm³/mol. The topological polar surface area (TPSA) is 60.9 Å².